The van der Waals surface area contributed by atoms with Crippen LogP contribution >= 0.6 is 11.3 Å². The van der Waals surface area contributed by atoms with Crippen molar-refractivity contribution in [3.05, 3.63) is 16.1 Å². The van der Waals surface area contributed by atoms with Crippen molar-refractivity contribution in [3.8, 4) is 0 Å². The van der Waals surface area contributed by atoms with Gasteiger partial charge in [0, 0.05) is 24.6 Å². The SMILES string of the molecule is CCOCCCNC(=NCc1scnc1C)NN. The van der Waals surface area contributed by atoms with E-state index < -0.39 is 0 Å². The van der Waals surface area contributed by atoms with Crippen molar-refractivity contribution >= 4 is 17.3 Å². The van der Waals surface area contributed by atoms with E-state index in [-0.39, 0.29) is 0 Å². The number of hydrazine groups is 1. The van der Waals surface area contributed by atoms with E-state index in [1.165, 1.54) is 0 Å². The molecule has 0 aliphatic carbocycles. The van der Waals surface area contributed by atoms with Gasteiger partial charge in [-0.25, -0.2) is 15.8 Å². The highest BCUT2D eigenvalue weighted by Gasteiger charge is 2.01. The Morgan fingerprint density at radius 2 is 2.44 bits per heavy atom. The van der Waals surface area contributed by atoms with Crippen molar-refractivity contribution in [1.29, 1.82) is 0 Å². The van der Waals surface area contributed by atoms with E-state index in [9.17, 15) is 0 Å². The Morgan fingerprint density at radius 1 is 1.61 bits per heavy atom. The molecule has 102 valence electrons. The molecule has 4 N–H and O–H groups in total. The van der Waals surface area contributed by atoms with Gasteiger partial charge in [-0.05, 0) is 20.3 Å². The Labute approximate surface area is 112 Å². The van der Waals surface area contributed by atoms with Crippen molar-refractivity contribution < 1.29 is 4.74 Å². The average molecular weight is 271 g/mol. The van der Waals surface area contributed by atoms with Crippen LogP contribution in [-0.4, -0.2) is 30.7 Å². The molecular formula is C11H21N5OS. The fourth-order valence-electron chi connectivity index (χ4n) is 1.31. The molecule has 0 aliphatic rings. The second-order valence-corrected chi connectivity index (χ2v) is 4.59. The number of ether oxygens (including phenoxy) is 1. The molecule has 1 aromatic rings. The summed E-state index contributed by atoms with van der Waals surface area (Å²) >= 11 is 1.60. The van der Waals surface area contributed by atoms with Gasteiger partial charge in [-0.3, -0.25) is 5.43 Å². The molecule has 0 fully saturated rings. The molecule has 0 saturated heterocycles. The van der Waals surface area contributed by atoms with Crippen LogP contribution in [0, 0.1) is 6.92 Å². The van der Waals surface area contributed by atoms with E-state index >= 15 is 0 Å². The molecule has 1 heterocycles. The highest BCUT2D eigenvalue weighted by atomic mass is 32.1. The number of aromatic nitrogens is 1. The first-order valence-corrected chi connectivity index (χ1v) is 6.87. The van der Waals surface area contributed by atoms with Gasteiger partial charge in [0.25, 0.3) is 0 Å². The van der Waals surface area contributed by atoms with Crippen LogP contribution in [0.3, 0.4) is 0 Å². The number of aliphatic imine (C=N–C) groups is 1. The number of nitrogens with zero attached hydrogens (tertiary/aromatic N) is 2. The van der Waals surface area contributed by atoms with Crippen LogP contribution < -0.4 is 16.6 Å². The highest BCUT2D eigenvalue weighted by Crippen LogP contribution is 2.12. The summed E-state index contributed by atoms with van der Waals surface area (Å²) in [5.41, 5.74) is 5.41. The van der Waals surface area contributed by atoms with E-state index in [4.69, 9.17) is 10.6 Å². The van der Waals surface area contributed by atoms with Crippen LogP contribution in [0.2, 0.25) is 0 Å². The van der Waals surface area contributed by atoms with E-state index in [0.29, 0.717) is 12.5 Å². The standard InChI is InChI=1S/C11H21N5OS/c1-3-17-6-4-5-13-11(16-12)14-7-10-9(2)15-8-18-10/h8H,3-7,12H2,1-2H3,(H2,13,14,16). The van der Waals surface area contributed by atoms with Gasteiger partial charge < -0.3 is 10.1 Å². The first kappa shape index (κ1) is 14.9. The summed E-state index contributed by atoms with van der Waals surface area (Å²) in [6.07, 6.45) is 0.925. The summed E-state index contributed by atoms with van der Waals surface area (Å²) in [7, 11) is 0. The quantitative estimate of drug-likeness (QED) is 0.224. The van der Waals surface area contributed by atoms with Crippen LogP contribution in [0.4, 0.5) is 0 Å². The summed E-state index contributed by atoms with van der Waals surface area (Å²) < 4.78 is 5.25. The predicted molar refractivity (Wildman–Crippen MR) is 74.4 cm³/mol. The number of rotatable bonds is 7. The second kappa shape index (κ2) is 8.84. The van der Waals surface area contributed by atoms with Crippen LogP contribution in [0.1, 0.15) is 23.9 Å². The number of hydrogen-bond donors (Lipinski definition) is 3. The van der Waals surface area contributed by atoms with Crippen molar-refractivity contribution in [1.82, 2.24) is 15.7 Å². The van der Waals surface area contributed by atoms with E-state index in [0.717, 1.165) is 36.8 Å². The molecule has 0 unspecified atom stereocenters. The first-order valence-electron chi connectivity index (χ1n) is 5.99. The fraction of sp³-hybridized carbons (Fsp3) is 0.636. The molecule has 6 nitrogen and oxygen atoms in total. The monoisotopic (exact) mass is 271 g/mol. The average Bonchev–Trinajstić information content (AvgIpc) is 2.78. The largest absolute Gasteiger partial charge is 0.382 e. The molecule has 0 saturated carbocycles. The molecule has 7 heteroatoms. The molecule has 0 atom stereocenters. The van der Waals surface area contributed by atoms with Gasteiger partial charge in [-0.15, -0.1) is 11.3 Å². The number of nitrogens with one attached hydrogen (secondary N) is 2. The zero-order valence-electron chi connectivity index (χ0n) is 10.9. The number of nitrogens with two attached hydrogens (primary N) is 1. The third-order valence-corrected chi connectivity index (χ3v) is 3.24. The van der Waals surface area contributed by atoms with Gasteiger partial charge in [0.2, 0.25) is 5.96 Å². The zero-order valence-corrected chi connectivity index (χ0v) is 11.7. The summed E-state index contributed by atoms with van der Waals surface area (Å²) in [5.74, 6) is 6.00. The van der Waals surface area contributed by atoms with Gasteiger partial charge >= 0.3 is 0 Å². The molecular weight excluding hydrogens is 250 g/mol. The molecule has 18 heavy (non-hydrogen) atoms. The lowest BCUT2D eigenvalue weighted by atomic mass is 10.4. The minimum Gasteiger partial charge on any atom is -0.382 e. The van der Waals surface area contributed by atoms with E-state index in [1.807, 2.05) is 19.4 Å². The number of hydrogen-bond acceptors (Lipinski definition) is 5. The van der Waals surface area contributed by atoms with E-state index in [1.54, 1.807) is 11.3 Å². The minimum absolute atomic E-state index is 0.592. The maximum Gasteiger partial charge on any atom is 0.206 e. The van der Waals surface area contributed by atoms with Gasteiger partial charge in [0.15, 0.2) is 0 Å². The number of aryl methyl sites for hydroxylation is 1. The first-order chi connectivity index (χ1) is 8.77. The van der Waals surface area contributed by atoms with Crippen LogP contribution in [0.15, 0.2) is 10.5 Å². The predicted octanol–water partition coefficient (Wildman–Crippen LogP) is 0.787. The topological polar surface area (TPSA) is 84.6 Å². The minimum atomic E-state index is 0.592. The molecule has 0 spiro atoms. The Balaban J connectivity index is 2.29. The lowest BCUT2D eigenvalue weighted by Crippen LogP contribution is -2.42. The highest BCUT2D eigenvalue weighted by molar-refractivity contribution is 7.09. The summed E-state index contributed by atoms with van der Waals surface area (Å²) in [4.78, 5) is 9.69. The molecule has 1 rings (SSSR count). The molecule has 0 aromatic carbocycles. The molecule has 0 aliphatic heterocycles. The lowest BCUT2D eigenvalue weighted by molar-refractivity contribution is 0.145. The maximum absolute atomic E-state index is 5.40. The maximum atomic E-state index is 5.40. The van der Waals surface area contributed by atoms with Gasteiger partial charge in [-0.2, -0.15) is 0 Å². The Bertz CT molecular complexity index is 366. The van der Waals surface area contributed by atoms with Gasteiger partial charge in [0.05, 0.1) is 17.7 Å². The smallest absolute Gasteiger partial charge is 0.206 e. The number of thiazole rings is 1. The van der Waals surface area contributed by atoms with Crippen LogP contribution in [0.25, 0.3) is 0 Å². The Kier molecular flexibility index (Phi) is 7.31. The van der Waals surface area contributed by atoms with Crippen molar-refractivity contribution in [2.75, 3.05) is 19.8 Å². The van der Waals surface area contributed by atoms with E-state index in [2.05, 4.69) is 20.7 Å². The third-order valence-electron chi connectivity index (χ3n) is 2.32. The molecule has 0 radical (unpaired) electrons. The lowest BCUT2D eigenvalue weighted by Gasteiger charge is -2.08. The Hall–Kier alpha value is -1.18. The summed E-state index contributed by atoms with van der Waals surface area (Å²) in [6, 6.07) is 0. The molecule has 0 amide bonds. The summed E-state index contributed by atoms with van der Waals surface area (Å²) in [6.45, 7) is 6.83. The van der Waals surface area contributed by atoms with Crippen LogP contribution in [-0.2, 0) is 11.3 Å². The molecule has 0 bridgehead atoms. The van der Waals surface area contributed by atoms with Crippen molar-refractivity contribution in [3.63, 3.8) is 0 Å². The fourth-order valence-corrected chi connectivity index (χ4v) is 2.01. The Morgan fingerprint density at radius 3 is 3.06 bits per heavy atom. The zero-order chi connectivity index (χ0) is 13.2. The second-order valence-electron chi connectivity index (χ2n) is 3.65. The normalized spacial score (nSPS) is 11.6. The van der Waals surface area contributed by atoms with Crippen LogP contribution in [0.5, 0.6) is 0 Å². The molecule has 1 aromatic heterocycles. The third kappa shape index (κ3) is 5.44. The number of guanidine groups is 1. The van der Waals surface area contributed by atoms with Gasteiger partial charge in [-0.1, -0.05) is 0 Å². The van der Waals surface area contributed by atoms with Crippen molar-refractivity contribution in [2.24, 2.45) is 10.8 Å². The summed E-state index contributed by atoms with van der Waals surface area (Å²) in [5, 5.41) is 3.13. The van der Waals surface area contributed by atoms with Crippen molar-refractivity contribution in [2.45, 2.75) is 26.8 Å². The van der Waals surface area contributed by atoms with Gasteiger partial charge in [0.1, 0.15) is 0 Å².